The summed E-state index contributed by atoms with van der Waals surface area (Å²) in [6.45, 7) is 6.44. The molecule has 0 saturated heterocycles. The lowest BCUT2D eigenvalue weighted by molar-refractivity contribution is 0.279. The topological polar surface area (TPSA) is 0 Å². The van der Waals surface area contributed by atoms with E-state index in [1.54, 1.807) is 0 Å². The van der Waals surface area contributed by atoms with Gasteiger partial charge in [-0.1, -0.05) is 45.4 Å². The molecule has 0 aromatic carbocycles. The molecule has 1 atom stereocenters. The zero-order valence-corrected chi connectivity index (χ0v) is 7.10. The molecule has 0 aromatic rings. The van der Waals surface area contributed by atoms with Gasteiger partial charge < -0.3 is 0 Å². The van der Waals surface area contributed by atoms with Gasteiger partial charge in [-0.05, 0) is 18.8 Å². The predicted molar refractivity (Wildman–Crippen MR) is 45.7 cm³/mol. The quantitative estimate of drug-likeness (QED) is 0.550. The molecule has 0 heteroatoms. The molecule has 59 valence electrons. The molecular weight excluding hydrogens is 120 g/mol. The molecule has 1 radical (unpaired) electrons. The van der Waals surface area contributed by atoms with Crippen molar-refractivity contribution in [3.05, 3.63) is 6.92 Å². The van der Waals surface area contributed by atoms with Gasteiger partial charge in [0.05, 0.1) is 0 Å². The van der Waals surface area contributed by atoms with E-state index in [2.05, 4.69) is 13.8 Å². The Morgan fingerprint density at radius 1 is 1.30 bits per heavy atom. The highest BCUT2D eigenvalue weighted by Gasteiger charge is 2.17. The molecule has 1 saturated carbocycles. The van der Waals surface area contributed by atoms with Crippen LogP contribution in [0.3, 0.4) is 0 Å². The second kappa shape index (κ2) is 4.00. The molecule has 0 aromatic heterocycles. The Hall–Kier alpha value is 0. The molecule has 1 fully saturated rings. The van der Waals surface area contributed by atoms with Gasteiger partial charge in [0.2, 0.25) is 0 Å². The molecule has 1 unspecified atom stereocenters. The molecule has 1 rings (SSSR count). The summed E-state index contributed by atoms with van der Waals surface area (Å²) in [5, 5.41) is 0. The van der Waals surface area contributed by atoms with E-state index in [0.29, 0.717) is 0 Å². The standard InChI is InChI=1S/C10H19/c1-3-9(2)10-7-5-4-6-8-10/h9-10H,2-8H2,1H3. The summed E-state index contributed by atoms with van der Waals surface area (Å²) in [7, 11) is 0. The molecule has 10 heavy (non-hydrogen) atoms. The third-order valence-corrected chi connectivity index (χ3v) is 2.84. The third-order valence-electron chi connectivity index (χ3n) is 2.84. The van der Waals surface area contributed by atoms with E-state index in [0.717, 1.165) is 11.8 Å². The minimum absolute atomic E-state index is 0.736. The normalized spacial score (nSPS) is 24.6. The lowest BCUT2D eigenvalue weighted by Crippen LogP contribution is -2.14. The molecule has 0 aliphatic heterocycles. The minimum atomic E-state index is 0.736. The van der Waals surface area contributed by atoms with Crippen molar-refractivity contribution in [2.45, 2.75) is 45.4 Å². The Morgan fingerprint density at radius 2 is 1.90 bits per heavy atom. The predicted octanol–water partition coefficient (Wildman–Crippen LogP) is 3.43. The molecule has 0 bridgehead atoms. The van der Waals surface area contributed by atoms with Crippen LogP contribution in [0.2, 0.25) is 0 Å². The zero-order chi connectivity index (χ0) is 7.40. The lowest BCUT2D eigenvalue weighted by Gasteiger charge is -2.26. The van der Waals surface area contributed by atoms with Crippen LogP contribution in [0.1, 0.15) is 45.4 Å². The Kier molecular flexibility index (Phi) is 3.24. The van der Waals surface area contributed by atoms with E-state index in [1.807, 2.05) is 0 Å². The average Bonchev–Trinajstić information content (AvgIpc) is 2.05. The van der Waals surface area contributed by atoms with Crippen molar-refractivity contribution in [2.75, 3.05) is 0 Å². The second-order valence-electron chi connectivity index (χ2n) is 3.57. The van der Waals surface area contributed by atoms with Crippen LogP contribution in [0.5, 0.6) is 0 Å². The van der Waals surface area contributed by atoms with Crippen molar-refractivity contribution >= 4 is 0 Å². The van der Waals surface area contributed by atoms with E-state index < -0.39 is 0 Å². The Balaban J connectivity index is 2.24. The molecule has 1 aliphatic carbocycles. The van der Waals surface area contributed by atoms with Crippen molar-refractivity contribution in [3.63, 3.8) is 0 Å². The van der Waals surface area contributed by atoms with Crippen LogP contribution >= 0.6 is 0 Å². The van der Waals surface area contributed by atoms with Gasteiger partial charge in [0.15, 0.2) is 0 Å². The maximum Gasteiger partial charge on any atom is -0.0386 e. The molecule has 0 nitrogen and oxygen atoms in total. The minimum Gasteiger partial charge on any atom is -0.0651 e. The Bertz CT molecular complexity index is 80.0. The molecule has 0 spiro atoms. The van der Waals surface area contributed by atoms with Gasteiger partial charge in [-0.2, -0.15) is 0 Å². The SMILES string of the molecule is [CH2]C(CC)C1CCCCC1. The van der Waals surface area contributed by atoms with Crippen LogP contribution in [-0.4, -0.2) is 0 Å². The second-order valence-corrected chi connectivity index (χ2v) is 3.57. The van der Waals surface area contributed by atoms with Gasteiger partial charge in [-0.25, -0.2) is 0 Å². The summed E-state index contributed by atoms with van der Waals surface area (Å²) in [5.74, 6) is 1.69. The highest BCUT2D eigenvalue weighted by molar-refractivity contribution is 4.74. The fourth-order valence-electron chi connectivity index (χ4n) is 1.94. The maximum atomic E-state index is 4.18. The summed E-state index contributed by atoms with van der Waals surface area (Å²) in [4.78, 5) is 0. The Labute approximate surface area is 65.0 Å². The number of rotatable bonds is 2. The maximum absolute atomic E-state index is 4.18. The number of hydrogen-bond donors (Lipinski definition) is 0. The van der Waals surface area contributed by atoms with E-state index in [9.17, 15) is 0 Å². The first-order valence-electron chi connectivity index (χ1n) is 4.67. The summed E-state index contributed by atoms with van der Waals surface area (Å²) < 4.78 is 0. The van der Waals surface area contributed by atoms with Gasteiger partial charge in [0.25, 0.3) is 0 Å². The van der Waals surface area contributed by atoms with Crippen LogP contribution in [-0.2, 0) is 0 Å². The van der Waals surface area contributed by atoms with E-state index in [4.69, 9.17) is 0 Å². The lowest BCUT2D eigenvalue weighted by atomic mass is 9.80. The van der Waals surface area contributed by atoms with Crippen LogP contribution in [0.25, 0.3) is 0 Å². The fourth-order valence-corrected chi connectivity index (χ4v) is 1.94. The van der Waals surface area contributed by atoms with Gasteiger partial charge in [0.1, 0.15) is 0 Å². The van der Waals surface area contributed by atoms with Gasteiger partial charge in [-0.3, -0.25) is 0 Å². The van der Waals surface area contributed by atoms with E-state index in [1.165, 1.54) is 38.5 Å². The van der Waals surface area contributed by atoms with Crippen LogP contribution in [0.15, 0.2) is 0 Å². The largest absolute Gasteiger partial charge is 0.0651 e. The van der Waals surface area contributed by atoms with Crippen LogP contribution in [0.4, 0.5) is 0 Å². The van der Waals surface area contributed by atoms with Gasteiger partial charge >= 0.3 is 0 Å². The summed E-state index contributed by atoms with van der Waals surface area (Å²) in [5.41, 5.74) is 0. The summed E-state index contributed by atoms with van der Waals surface area (Å²) >= 11 is 0. The number of hydrogen-bond acceptors (Lipinski definition) is 0. The first-order valence-corrected chi connectivity index (χ1v) is 4.67. The van der Waals surface area contributed by atoms with E-state index >= 15 is 0 Å². The first-order chi connectivity index (χ1) is 4.84. The smallest absolute Gasteiger partial charge is 0.0386 e. The van der Waals surface area contributed by atoms with Crippen molar-refractivity contribution in [2.24, 2.45) is 11.8 Å². The van der Waals surface area contributed by atoms with Crippen LogP contribution < -0.4 is 0 Å². The fraction of sp³-hybridized carbons (Fsp3) is 0.900. The highest BCUT2D eigenvalue weighted by atomic mass is 14.2. The molecule has 0 heterocycles. The average molecular weight is 139 g/mol. The molecule has 0 N–H and O–H groups in total. The van der Waals surface area contributed by atoms with E-state index in [-0.39, 0.29) is 0 Å². The molecule has 0 amide bonds. The van der Waals surface area contributed by atoms with Crippen molar-refractivity contribution in [1.82, 2.24) is 0 Å². The molecular formula is C10H19. The first kappa shape index (κ1) is 8.10. The third kappa shape index (κ3) is 2.00. The Morgan fingerprint density at radius 3 is 2.40 bits per heavy atom. The summed E-state index contributed by atoms with van der Waals surface area (Å²) in [6, 6.07) is 0. The monoisotopic (exact) mass is 139 g/mol. The highest BCUT2D eigenvalue weighted by Crippen LogP contribution is 2.30. The van der Waals surface area contributed by atoms with Crippen molar-refractivity contribution < 1.29 is 0 Å². The molecule has 1 aliphatic rings. The van der Waals surface area contributed by atoms with Crippen LogP contribution in [0, 0.1) is 18.8 Å². The summed E-state index contributed by atoms with van der Waals surface area (Å²) in [6.07, 6.45) is 8.54. The van der Waals surface area contributed by atoms with Gasteiger partial charge in [0, 0.05) is 0 Å². The zero-order valence-electron chi connectivity index (χ0n) is 7.10. The van der Waals surface area contributed by atoms with Crippen molar-refractivity contribution in [1.29, 1.82) is 0 Å². The van der Waals surface area contributed by atoms with Gasteiger partial charge in [-0.15, -0.1) is 0 Å². The van der Waals surface area contributed by atoms with Crippen molar-refractivity contribution in [3.8, 4) is 0 Å².